The van der Waals surface area contributed by atoms with Gasteiger partial charge < -0.3 is 0 Å². The highest BCUT2D eigenvalue weighted by Crippen LogP contribution is 2.27. The van der Waals surface area contributed by atoms with E-state index in [9.17, 15) is 4.79 Å². The zero-order valence-electron chi connectivity index (χ0n) is 8.18. The van der Waals surface area contributed by atoms with Crippen molar-refractivity contribution in [2.24, 2.45) is 5.92 Å². The van der Waals surface area contributed by atoms with Crippen molar-refractivity contribution < 1.29 is 4.79 Å². The zero-order chi connectivity index (χ0) is 11.5. The summed E-state index contributed by atoms with van der Waals surface area (Å²) in [6.07, 6.45) is 0. The third-order valence-corrected chi connectivity index (χ3v) is 3.23. The predicted molar refractivity (Wildman–Crippen MR) is 60.9 cm³/mol. The van der Waals surface area contributed by atoms with Crippen molar-refractivity contribution in [3.8, 4) is 12.1 Å². The molecule has 0 bridgehead atoms. The van der Waals surface area contributed by atoms with Gasteiger partial charge in [-0.15, -0.1) is 11.3 Å². The van der Waals surface area contributed by atoms with Crippen LogP contribution in [0.1, 0.15) is 10.4 Å². The Morgan fingerprint density at radius 2 is 1.94 bits per heavy atom. The number of hydrogen-bond acceptors (Lipinski definition) is 4. The van der Waals surface area contributed by atoms with Crippen LogP contribution < -0.4 is 0 Å². The summed E-state index contributed by atoms with van der Waals surface area (Å²) in [5.74, 6) is -1.62. The van der Waals surface area contributed by atoms with Gasteiger partial charge in [0.15, 0.2) is 11.7 Å². The van der Waals surface area contributed by atoms with E-state index in [2.05, 4.69) is 0 Å². The second kappa shape index (κ2) is 4.14. The molecule has 0 amide bonds. The van der Waals surface area contributed by atoms with Crippen molar-refractivity contribution in [2.75, 3.05) is 0 Å². The summed E-state index contributed by atoms with van der Waals surface area (Å²) in [6.45, 7) is 0. The van der Waals surface area contributed by atoms with Crippen LogP contribution >= 0.6 is 11.3 Å². The SMILES string of the molecule is N#CC(C#N)C(=O)c1csc2ccccc12. The summed E-state index contributed by atoms with van der Waals surface area (Å²) in [7, 11) is 0. The van der Waals surface area contributed by atoms with Gasteiger partial charge in [0.25, 0.3) is 0 Å². The van der Waals surface area contributed by atoms with Crippen molar-refractivity contribution in [1.82, 2.24) is 0 Å². The van der Waals surface area contributed by atoms with Gasteiger partial charge in [0.05, 0.1) is 12.1 Å². The van der Waals surface area contributed by atoms with Gasteiger partial charge in [-0.25, -0.2) is 0 Å². The number of hydrogen-bond donors (Lipinski definition) is 0. The molecular formula is C12H6N2OS. The summed E-state index contributed by atoms with van der Waals surface area (Å²) in [5, 5.41) is 19.9. The quantitative estimate of drug-likeness (QED) is 0.739. The maximum atomic E-state index is 11.8. The Morgan fingerprint density at radius 3 is 2.62 bits per heavy atom. The topological polar surface area (TPSA) is 64.7 Å². The Morgan fingerprint density at radius 1 is 1.25 bits per heavy atom. The van der Waals surface area contributed by atoms with Crippen molar-refractivity contribution in [1.29, 1.82) is 10.5 Å². The van der Waals surface area contributed by atoms with Crippen LogP contribution in [0.5, 0.6) is 0 Å². The Bertz CT molecular complexity index is 616. The molecule has 2 aromatic rings. The fraction of sp³-hybridized carbons (Fsp3) is 0.0833. The summed E-state index contributed by atoms with van der Waals surface area (Å²) < 4.78 is 0.987. The number of nitrogens with zero attached hydrogens (tertiary/aromatic N) is 2. The number of carbonyl (C=O) groups excluding carboxylic acids is 1. The summed E-state index contributed by atoms with van der Waals surface area (Å²) in [6, 6.07) is 10.8. The fourth-order valence-corrected chi connectivity index (χ4v) is 2.42. The average Bonchev–Trinajstić information content (AvgIpc) is 2.74. The van der Waals surface area contributed by atoms with Crippen LogP contribution in [0.2, 0.25) is 0 Å². The number of Topliss-reactive ketones (excluding diaryl/α,β-unsaturated/α-hetero) is 1. The van der Waals surface area contributed by atoms with Crippen LogP contribution in [0.3, 0.4) is 0 Å². The molecule has 0 aliphatic rings. The lowest BCUT2D eigenvalue weighted by Gasteiger charge is -1.97. The molecule has 1 aromatic carbocycles. The molecule has 0 aliphatic carbocycles. The number of thiophene rings is 1. The van der Waals surface area contributed by atoms with E-state index in [1.807, 2.05) is 24.3 Å². The van der Waals surface area contributed by atoms with Crippen LogP contribution in [0, 0.1) is 28.6 Å². The van der Waals surface area contributed by atoms with Crippen LogP contribution in [0.25, 0.3) is 10.1 Å². The molecule has 0 unspecified atom stereocenters. The van der Waals surface area contributed by atoms with E-state index in [0.29, 0.717) is 5.56 Å². The van der Waals surface area contributed by atoms with Crippen LogP contribution in [0.15, 0.2) is 29.6 Å². The lowest BCUT2D eigenvalue weighted by Crippen LogP contribution is -2.09. The molecule has 3 nitrogen and oxygen atoms in total. The van der Waals surface area contributed by atoms with Crippen molar-refractivity contribution in [2.45, 2.75) is 0 Å². The Hall–Kier alpha value is -2.17. The van der Waals surface area contributed by atoms with E-state index in [4.69, 9.17) is 10.5 Å². The highest BCUT2D eigenvalue weighted by Gasteiger charge is 2.21. The maximum Gasteiger partial charge on any atom is 0.195 e. The highest BCUT2D eigenvalue weighted by molar-refractivity contribution is 7.17. The largest absolute Gasteiger partial charge is 0.291 e. The smallest absolute Gasteiger partial charge is 0.195 e. The van der Waals surface area contributed by atoms with Gasteiger partial charge in [-0.3, -0.25) is 4.79 Å². The van der Waals surface area contributed by atoms with Gasteiger partial charge in [0.2, 0.25) is 0 Å². The van der Waals surface area contributed by atoms with Gasteiger partial charge in [0, 0.05) is 21.0 Å². The maximum absolute atomic E-state index is 11.8. The zero-order valence-corrected chi connectivity index (χ0v) is 8.99. The van der Waals surface area contributed by atoms with Gasteiger partial charge >= 0.3 is 0 Å². The third-order valence-electron chi connectivity index (χ3n) is 2.27. The molecule has 0 fully saturated rings. The summed E-state index contributed by atoms with van der Waals surface area (Å²) in [5.41, 5.74) is 0.466. The highest BCUT2D eigenvalue weighted by atomic mass is 32.1. The lowest BCUT2D eigenvalue weighted by atomic mass is 10.00. The lowest BCUT2D eigenvalue weighted by molar-refractivity contribution is 0.0973. The van der Waals surface area contributed by atoms with Crippen molar-refractivity contribution in [3.63, 3.8) is 0 Å². The van der Waals surface area contributed by atoms with E-state index >= 15 is 0 Å². The first-order chi connectivity index (χ1) is 7.77. The molecule has 76 valence electrons. The molecule has 0 aliphatic heterocycles. The predicted octanol–water partition coefficient (Wildman–Crippen LogP) is 2.75. The molecular weight excluding hydrogens is 220 g/mol. The normalized spacial score (nSPS) is 9.94. The van der Waals surface area contributed by atoms with Gasteiger partial charge in [-0.05, 0) is 6.07 Å². The molecule has 4 heteroatoms. The first kappa shape index (κ1) is 10.4. The van der Waals surface area contributed by atoms with Crippen LogP contribution in [-0.2, 0) is 0 Å². The minimum absolute atomic E-state index is 0.414. The van der Waals surface area contributed by atoms with E-state index in [1.165, 1.54) is 11.3 Å². The summed E-state index contributed by atoms with van der Waals surface area (Å²) >= 11 is 1.44. The Labute approximate surface area is 96.2 Å². The number of rotatable bonds is 2. The Balaban J connectivity index is 2.54. The Kier molecular flexibility index (Phi) is 2.68. The van der Waals surface area contributed by atoms with E-state index in [-0.39, 0.29) is 0 Å². The van der Waals surface area contributed by atoms with Crippen molar-refractivity contribution in [3.05, 3.63) is 35.2 Å². The number of nitriles is 2. The summed E-state index contributed by atoms with van der Waals surface area (Å²) in [4.78, 5) is 11.8. The monoisotopic (exact) mass is 226 g/mol. The van der Waals surface area contributed by atoms with Gasteiger partial charge in [0.1, 0.15) is 0 Å². The minimum Gasteiger partial charge on any atom is -0.291 e. The molecule has 2 rings (SSSR count). The van der Waals surface area contributed by atoms with Gasteiger partial charge in [-0.1, -0.05) is 18.2 Å². The number of fused-ring (bicyclic) bond motifs is 1. The van der Waals surface area contributed by atoms with Crippen LogP contribution in [-0.4, -0.2) is 5.78 Å². The minimum atomic E-state index is -1.21. The average molecular weight is 226 g/mol. The molecule has 0 atom stereocenters. The van der Waals surface area contributed by atoms with Crippen LogP contribution in [0.4, 0.5) is 0 Å². The molecule has 0 spiro atoms. The molecule has 0 radical (unpaired) electrons. The first-order valence-electron chi connectivity index (χ1n) is 4.57. The standard InChI is InChI=1S/C12H6N2OS/c13-5-8(6-14)12(15)10-7-16-11-4-2-1-3-9(10)11/h1-4,7-8H. The van der Waals surface area contributed by atoms with E-state index in [1.54, 1.807) is 17.5 Å². The molecule has 1 aromatic heterocycles. The van der Waals surface area contributed by atoms with Gasteiger partial charge in [-0.2, -0.15) is 10.5 Å². The number of ketones is 1. The molecule has 0 saturated carbocycles. The van der Waals surface area contributed by atoms with E-state index in [0.717, 1.165) is 10.1 Å². The fourth-order valence-electron chi connectivity index (χ4n) is 1.47. The van der Waals surface area contributed by atoms with E-state index < -0.39 is 11.7 Å². The third kappa shape index (κ3) is 1.56. The number of benzene rings is 1. The number of carbonyl (C=O) groups is 1. The van der Waals surface area contributed by atoms with Crippen molar-refractivity contribution >= 4 is 27.2 Å². The second-order valence-corrected chi connectivity index (χ2v) is 4.11. The second-order valence-electron chi connectivity index (χ2n) is 3.20. The molecule has 0 N–H and O–H groups in total. The molecule has 16 heavy (non-hydrogen) atoms. The molecule has 1 heterocycles. The first-order valence-corrected chi connectivity index (χ1v) is 5.45. The molecule has 0 saturated heterocycles.